The third kappa shape index (κ3) is 7.57. The highest BCUT2D eigenvalue weighted by Crippen LogP contribution is 2.48. The molecule has 0 unspecified atom stereocenters. The van der Waals surface area contributed by atoms with Crippen molar-refractivity contribution in [2.24, 2.45) is 0 Å². The minimum atomic E-state index is -1.70. The lowest BCUT2D eigenvalue weighted by molar-refractivity contribution is -0.00856. The zero-order chi connectivity index (χ0) is 30.4. The Bertz CT molecular complexity index is 1600. The molecule has 0 aliphatic carbocycles. The van der Waals surface area contributed by atoms with Crippen LogP contribution in [0.3, 0.4) is 0 Å². The van der Waals surface area contributed by atoms with Gasteiger partial charge in [-0.15, -0.1) is 0 Å². The topological polar surface area (TPSA) is 88.1 Å². The van der Waals surface area contributed by atoms with E-state index in [1.165, 1.54) is 61.9 Å². The molecule has 0 saturated carbocycles. The third-order valence-corrected chi connectivity index (χ3v) is 8.15. The van der Waals surface area contributed by atoms with Crippen molar-refractivity contribution in [1.82, 2.24) is 34.4 Å². The first-order valence-electron chi connectivity index (χ1n) is 13.5. The van der Waals surface area contributed by atoms with Crippen molar-refractivity contribution in [3.63, 3.8) is 0 Å². The lowest BCUT2D eigenvalue weighted by Gasteiger charge is -2.33. The Hall–Kier alpha value is -3.84. The summed E-state index contributed by atoms with van der Waals surface area (Å²) >= 11 is 8.03. The number of halogens is 3. The predicted molar refractivity (Wildman–Crippen MR) is 162 cm³/mol. The predicted octanol–water partition coefficient (Wildman–Crippen LogP) is 5.63. The van der Waals surface area contributed by atoms with E-state index in [0.717, 1.165) is 36.7 Å². The minimum absolute atomic E-state index is 0.0556. The molecule has 0 spiro atoms. The second-order valence-corrected chi connectivity index (χ2v) is 11.9. The first-order valence-corrected chi connectivity index (χ1v) is 14.7. The maximum Gasteiger partial charge on any atom is 0.137 e. The molecule has 0 amide bonds. The highest BCUT2D eigenvalue weighted by molar-refractivity contribution is 7.99. The monoisotopic (exact) mass is 624 g/mol. The quantitative estimate of drug-likeness (QED) is 0.226. The average Bonchev–Trinajstić information content (AvgIpc) is 3.67. The lowest BCUT2D eigenvalue weighted by Crippen LogP contribution is -2.37. The van der Waals surface area contributed by atoms with Crippen LogP contribution in [0.4, 0.5) is 20.2 Å². The molecular formula is C30H31ClF2N8OS. The van der Waals surface area contributed by atoms with Gasteiger partial charge in [-0.05, 0) is 63.5 Å². The van der Waals surface area contributed by atoms with Crippen molar-refractivity contribution in [3.8, 4) is 0 Å². The molecule has 5 aromatic rings. The van der Waals surface area contributed by atoms with Gasteiger partial charge >= 0.3 is 0 Å². The number of para-hydroxylation sites is 1. The van der Waals surface area contributed by atoms with Gasteiger partial charge in [0, 0.05) is 33.0 Å². The highest BCUT2D eigenvalue weighted by atomic mass is 35.5. The first-order chi connectivity index (χ1) is 20.7. The van der Waals surface area contributed by atoms with Crippen molar-refractivity contribution in [2.75, 3.05) is 32.1 Å². The van der Waals surface area contributed by atoms with Crippen molar-refractivity contribution < 1.29 is 13.9 Å². The van der Waals surface area contributed by atoms with Gasteiger partial charge in [-0.2, -0.15) is 10.2 Å². The number of anilines is 2. The Morgan fingerprint density at radius 2 is 1.56 bits per heavy atom. The van der Waals surface area contributed by atoms with Gasteiger partial charge in [-0.25, -0.2) is 28.1 Å². The maximum atomic E-state index is 14.1. The number of benzene rings is 3. The van der Waals surface area contributed by atoms with Crippen LogP contribution in [0.5, 0.6) is 0 Å². The van der Waals surface area contributed by atoms with Crippen molar-refractivity contribution in [3.05, 3.63) is 108 Å². The van der Waals surface area contributed by atoms with Crippen LogP contribution in [-0.4, -0.2) is 66.7 Å². The molecule has 1 N–H and O–H groups in total. The molecule has 0 radical (unpaired) electrons. The van der Waals surface area contributed by atoms with E-state index in [1.807, 2.05) is 17.8 Å². The maximum absolute atomic E-state index is 14.1. The number of aliphatic hydroxyl groups is 1. The molecule has 0 bridgehead atoms. The Kier molecular flexibility index (Phi) is 9.71. The molecule has 3 heterocycles. The fourth-order valence-corrected chi connectivity index (χ4v) is 6.08. The van der Waals surface area contributed by atoms with Crippen LogP contribution in [0.25, 0.3) is 0 Å². The number of hydrogen-bond donors (Lipinski definition) is 1. The van der Waals surface area contributed by atoms with Crippen LogP contribution in [0.1, 0.15) is 12.0 Å². The smallest absolute Gasteiger partial charge is 0.137 e. The molecule has 9 nitrogen and oxygen atoms in total. The SMILES string of the molecule is CN(C)CCCN1c2ccccc2Sc2ccc(Cl)cc21.OC(Cn1cncn1)(Cn1cncn1)c1ccc(F)cc1F. The van der Waals surface area contributed by atoms with Crippen LogP contribution in [0.2, 0.25) is 5.02 Å². The lowest BCUT2D eigenvalue weighted by atomic mass is 9.93. The van der Waals surface area contributed by atoms with Crippen LogP contribution in [0.15, 0.2) is 95.8 Å². The van der Waals surface area contributed by atoms with Gasteiger partial charge < -0.3 is 14.9 Å². The summed E-state index contributed by atoms with van der Waals surface area (Å²) in [5.74, 6) is -1.56. The number of rotatable bonds is 9. The molecule has 0 fully saturated rings. The van der Waals surface area contributed by atoms with E-state index in [4.69, 9.17) is 11.6 Å². The van der Waals surface area contributed by atoms with Gasteiger partial charge in [0.1, 0.15) is 42.5 Å². The molecule has 1 aliphatic heterocycles. The summed E-state index contributed by atoms with van der Waals surface area (Å²) in [5.41, 5.74) is 0.764. The summed E-state index contributed by atoms with van der Waals surface area (Å²) in [6, 6.07) is 17.8. The third-order valence-electron chi connectivity index (χ3n) is 6.79. The molecule has 2 aromatic heterocycles. The average molecular weight is 625 g/mol. The Balaban J connectivity index is 0.000000171. The van der Waals surface area contributed by atoms with E-state index in [-0.39, 0.29) is 18.7 Å². The van der Waals surface area contributed by atoms with E-state index in [2.05, 4.69) is 80.5 Å². The summed E-state index contributed by atoms with van der Waals surface area (Å²) in [7, 11) is 4.23. The number of aromatic nitrogens is 6. The Morgan fingerprint density at radius 3 is 2.19 bits per heavy atom. The van der Waals surface area contributed by atoms with E-state index >= 15 is 0 Å². The molecule has 0 atom stereocenters. The summed E-state index contributed by atoms with van der Waals surface area (Å²) in [6.07, 6.45) is 6.52. The van der Waals surface area contributed by atoms with Crippen LogP contribution in [0, 0.1) is 11.6 Å². The zero-order valence-electron chi connectivity index (χ0n) is 23.7. The molecule has 43 heavy (non-hydrogen) atoms. The number of nitrogens with zero attached hydrogens (tertiary/aromatic N) is 8. The van der Waals surface area contributed by atoms with Gasteiger partial charge in [0.05, 0.1) is 24.5 Å². The minimum Gasteiger partial charge on any atom is -0.381 e. The normalized spacial score (nSPS) is 12.5. The summed E-state index contributed by atoms with van der Waals surface area (Å²) < 4.78 is 29.9. The summed E-state index contributed by atoms with van der Waals surface area (Å²) in [5, 5.41) is 19.6. The second kappa shape index (κ2) is 13.6. The largest absolute Gasteiger partial charge is 0.381 e. The van der Waals surface area contributed by atoms with Gasteiger partial charge in [0.25, 0.3) is 0 Å². The fourth-order valence-electron chi connectivity index (χ4n) is 4.84. The fraction of sp³-hybridized carbons (Fsp3) is 0.267. The summed E-state index contributed by atoms with van der Waals surface area (Å²) in [4.78, 5) is 14.8. The van der Waals surface area contributed by atoms with E-state index < -0.39 is 17.2 Å². The van der Waals surface area contributed by atoms with Gasteiger partial charge in [-0.3, -0.25) is 0 Å². The van der Waals surface area contributed by atoms with Crippen LogP contribution < -0.4 is 4.90 Å². The summed E-state index contributed by atoms with van der Waals surface area (Å²) in [6.45, 7) is 1.94. The van der Waals surface area contributed by atoms with E-state index in [9.17, 15) is 13.9 Å². The standard InChI is InChI=1S/C17H19ClN2S.C13H12F2N6O/c1-19(2)10-5-11-20-14-6-3-4-7-16(14)21-17-9-8-13(18)12-15(17)20;14-10-1-2-11(12(15)3-10)13(22,4-20-8-16-6-18-20)5-21-9-17-7-19-21/h3-4,6-9,12H,5,10-11H2,1-2H3;1-3,6-9,22H,4-5H2. The number of hydrogen-bond acceptors (Lipinski definition) is 8. The molecule has 6 rings (SSSR count). The zero-order valence-corrected chi connectivity index (χ0v) is 25.3. The van der Waals surface area contributed by atoms with E-state index in [1.54, 1.807) is 0 Å². The molecule has 0 saturated heterocycles. The first kappa shape index (κ1) is 30.6. The highest BCUT2D eigenvalue weighted by Gasteiger charge is 2.34. The molecule has 1 aliphatic rings. The Labute approximate surface area is 257 Å². The van der Waals surface area contributed by atoms with Crippen molar-refractivity contribution in [2.45, 2.75) is 34.9 Å². The van der Waals surface area contributed by atoms with Gasteiger partial charge in [0.2, 0.25) is 0 Å². The Morgan fingerprint density at radius 1 is 0.884 bits per heavy atom. The number of fused-ring (bicyclic) bond motifs is 2. The molecular weight excluding hydrogens is 594 g/mol. The molecule has 224 valence electrons. The molecule has 3 aromatic carbocycles. The van der Waals surface area contributed by atoms with Crippen molar-refractivity contribution in [1.29, 1.82) is 0 Å². The van der Waals surface area contributed by atoms with Crippen LogP contribution in [-0.2, 0) is 18.7 Å². The van der Waals surface area contributed by atoms with Gasteiger partial charge in [0.15, 0.2) is 0 Å². The van der Waals surface area contributed by atoms with E-state index in [0.29, 0.717) is 0 Å². The second-order valence-electron chi connectivity index (χ2n) is 10.3. The van der Waals surface area contributed by atoms with Gasteiger partial charge in [-0.1, -0.05) is 41.6 Å². The van der Waals surface area contributed by atoms with Crippen LogP contribution >= 0.6 is 23.4 Å². The van der Waals surface area contributed by atoms with Crippen molar-refractivity contribution >= 4 is 34.7 Å². The molecule has 13 heteroatoms.